The molecule has 5 rings (SSSR count). The third-order valence-electron chi connectivity index (χ3n) is 6.04. The van der Waals surface area contributed by atoms with Gasteiger partial charge in [-0.15, -0.1) is 0 Å². The van der Waals surface area contributed by atoms with E-state index in [-0.39, 0.29) is 5.69 Å². The second kappa shape index (κ2) is 10.3. The number of benzene rings is 4. The highest BCUT2D eigenvalue weighted by atomic mass is 16.5. The Morgan fingerprint density at radius 3 is 2.38 bits per heavy atom. The molecule has 0 saturated heterocycles. The molecule has 0 aliphatic heterocycles. The molecule has 0 radical (unpaired) electrons. The van der Waals surface area contributed by atoms with Crippen molar-refractivity contribution in [3.05, 3.63) is 119 Å². The maximum absolute atomic E-state index is 13.0. The number of carbonyl (C=O) groups excluding carboxylic acids is 2. The van der Waals surface area contributed by atoms with Crippen molar-refractivity contribution in [3.8, 4) is 16.9 Å². The summed E-state index contributed by atoms with van der Waals surface area (Å²) < 4.78 is 6.50. The molecule has 0 bridgehead atoms. The van der Waals surface area contributed by atoms with Crippen LogP contribution in [0.1, 0.15) is 32.0 Å². The minimum atomic E-state index is -0.434. The number of rotatable bonds is 6. The number of esters is 1. The molecule has 7 nitrogen and oxygen atoms in total. The maximum atomic E-state index is 13.0. The molecule has 7 heteroatoms. The van der Waals surface area contributed by atoms with Crippen LogP contribution in [0.15, 0.2) is 102 Å². The Labute approximate surface area is 214 Å². The number of nitrogens with one attached hydrogen (secondary N) is 1. The second-order valence-corrected chi connectivity index (χ2v) is 8.49. The summed E-state index contributed by atoms with van der Waals surface area (Å²) >= 11 is 0. The molecule has 0 fully saturated rings. The van der Waals surface area contributed by atoms with Gasteiger partial charge >= 0.3 is 5.97 Å². The fraction of sp³-hybridized carbons (Fsp3) is 0.0667. The summed E-state index contributed by atoms with van der Waals surface area (Å²) in [5.41, 5.74) is 7.61. The minimum Gasteiger partial charge on any atom is -0.465 e. The number of aromatic nitrogens is 2. The van der Waals surface area contributed by atoms with Crippen LogP contribution >= 0.6 is 0 Å². The highest BCUT2D eigenvalue weighted by Crippen LogP contribution is 2.28. The van der Waals surface area contributed by atoms with E-state index in [1.807, 2.05) is 49.4 Å². The summed E-state index contributed by atoms with van der Waals surface area (Å²) in [4.78, 5) is 24.6. The zero-order valence-electron chi connectivity index (χ0n) is 20.4. The fourth-order valence-corrected chi connectivity index (χ4v) is 4.08. The van der Waals surface area contributed by atoms with Crippen LogP contribution in [-0.4, -0.2) is 35.0 Å². The number of methoxy groups -OCH3 is 1. The van der Waals surface area contributed by atoms with Gasteiger partial charge in [0.15, 0.2) is 5.69 Å². The molecule has 1 amide bonds. The van der Waals surface area contributed by atoms with Gasteiger partial charge in [-0.1, -0.05) is 66.7 Å². The van der Waals surface area contributed by atoms with E-state index in [1.54, 1.807) is 35.0 Å². The Morgan fingerprint density at radius 1 is 0.892 bits per heavy atom. The average Bonchev–Trinajstić information content (AvgIpc) is 3.38. The van der Waals surface area contributed by atoms with E-state index >= 15 is 0 Å². The maximum Gasteiger partial charge on any atom is 0.337 e. The molecule has 5 aromatic rings. The van der Waals surface area contributed by atoms with Gasteiger partial charge in [-0.05, 0) is 59.2 Å². The lowest BCUT2D eigenvalue weighted by molar-refractivity contribution is 0.0600. The Hall–Kier alpha value is -5.04. The molecule has 1 aromatic heterocycles. The molecule has 1 heterocycles. The van der Waals surface area contributed by atoms with Gasteiger partial charge in [0.25, 0.3) is 5.91 Å². The lowest BCUT2D eigenvalue weighted by atomic mass is 10.0. The summed E-state index contributed by atoms with van der Waals surface area (Å²) in [6, 6.07) is 30.7. The van der Waals surface area contributed by atoms with Crippen LogP contribution < -0.4 is 5.43 Å². The number of fused-ring (bicyclic) bond motifs is 1. The number of hydrazone groups is 1. The third kappa shape index (κ3) is 5.01. The van der Waals surface area contributed by atoms with E-state index in [2.05, 4.69) is 39.9 Å². The van der Waals surface area contributed by atoms with Gasteiger partial charge in [0.2, 0.25) is 0 Å². The molecular formula is C30H24N4O3. The number of hydrogen-bond donors (Lipinski definition) is 1. The first kappa shape index (κ1) is 23.7. The first-order chi connectivity index (χ1) is 18.0. The van der Waals surface area contributed by atoms with Gasteiger partial charge in [0.05, 0.1) is 30.3 Å². The molecule has 0 saturated carbocycles. The summed E-state index contributed by atoms with van der Waals surface area (Å²) in [5, 5.41) is 11.0. The van der Waals surface area contributed by atoms with Crippen molar-refractivity contribution < 1.29 is 14.3 Å². The minimum absolute atomic E-state index is 0.240. The van der Waals surface area contributed by atoms with E-state index in [1.165, 1.54) is 13.3 Å². The Kier molecular flexibility index (Phi) is 6.59. The van der Waals surface area contributed by atoms with Crippen molar-refractivity contribution in [2.75, 3.05) is 7.11 Å². The standard InChI is InChI=1S/C30H24N4O3/c1-20-7-3-6-10-27(20)34-28(25-16-15-22-8-4-5-9-24(22)17-25)18-26(33-34)29(35)32-31-19-21-11-13-23(14-12-21)30(36)37-2/h3-19H,1-2H3,(H,32,35)/b31-19-. The summed E-state index contributed by atoms with van der Waals surface area (Å²) in [7, 11) is 1.33. The number of para-hydroxylation sites is 1. The van der Waals surface area contributed by atoms with Crippen molar-refractivity contribution in [1.29, 1.82) is 0 Å². The number of hydrogen-bond acceptors (Lipinski definition) is 5. The highest BCUT2D eigenvalue weighted by Gasteiger charge is 2.18. The molecular weight excluding hydrogens is 464 g/mol. The number of nitrogens with zero attached hydrogens (tertiary/aromatic N) is 3. The predicted octanol–water partition coefficient (Wildman–Crippen LogP) is 5.55. The number of amides is 1. The van der Waals surface area contributed by atoms with Crippen molar-refractivity contribution in [2.24, 2.45) is 5.10 Å². The second-order valence-electron chi connectivity index (χ2n) is 8.49. The zero-order chi connectivity index (χ0) is 25.8. The van der Waals surface area contributed by atoms with Gasteiger partial charge in [0.1, 0.15) is 0 Å². The largest absolute Gasteiger partial charge is 0.465 e. The first-order valence-corrected chi connectivity index (χ1v) is 11.7. The van der Waals surface area contributed by atoms with Gasteiger partial charge in [-0.2, -0.15) is 10.2 Å². The molecule has 1 N–H and O–H groups in total. The fourth-order valence-electron chi connectivity index (χ4n) is 4.08. The molecule has 0 atom stereocenters. The number of aryl methyl sites for hydroxylation is 1. The summed E-state index contributed by atoms with van der Waals surface area (Å²) in [5.74, 6) is -0.847. The first-order valence-electron chi connectivity index (χ1n) is 11.7. The van der Waals surface area contributed by atoms with Gasteiger partial charge < -0.3 is 4.74 Å². The molecule has 0 unspecified atom stereocenters. The van der Waals surface area contributed by atoms with Crippen molar-refractivity contribution in [3.63, 3.8) is 0 Å². The van der Waals surface area contributed by atoms with Crippen LogP contribution in [0, 0.1) is 6.92 Å². The van der Waals surface area contributed by atoms with Crippen LogP contribution in [-0.2, 0) is 4.74 Å². The Balaban J connectivity index is 1.45. The van der Waals surface area contributed by atoms with Crippen LogP contribution in [0.25, 0.3) is 27.7 Å². The SMILES string of the molecule is COC(=O)c1ccc(/C=N\NC(=O)c2cc(-c3ccc4ccccc4c3)n(-c3ccccc3C)n2)cc1. The highest BCUT2D eigenvalue weighted by molar-refractivity contribution is 5.95. The number of carbonyl (C=O) groups is 2. The summed E-state index contributed by atoms with van der Waals surface area (Å²) in [6.07, 6.45) is 1.50. The average molecular weight is 489 g/mol. The van der Waals surface area contributed by atoms with Crippen LogP contribution in [0.2, 0.25) is 0 Å². The molecule has 0 aliphatic rings. The van der Waals surface area contributed by atoms with Gasteiger partial charge in [0, 0.05) is 5.56 Å². The van der Waals surface area contributed by atoms with Crippen molar-refractivity contribution in [1.82, 2.24) is 15.2 Å². The lowest BCUT2D eigenvalue weighted by Gasteiger charge is -2.11. The van der Waals surface area contributed by atoms with Crippen LogP contribution in [0.3, 0.4) is 0 Å². The quantitative estimate of drug-likeness (QED) is 0.193. The molecule has 0 aliphatic carbocycles. The van der Waals surface area contributed by atoms with E-state index in [0.29, 0.717) is 5.56 Å². The van der Waals surface area contributed by atoms with Crippen LogP contribution in [0.4, 0.5) is 0 Å². The van der Waals surface area contributed by atoms with Gasteiger partial charge in [-0.25, -0.2) is 14.9 Å². The zero-order valence-corrected chi connectivity index (χ0v) is 20.4. The molecule has 0 spiro atoms. The normalized spacial score (nSPS) is 11.1. The third-order valence-corrected chi connectivity index (χ3v) is 6.04. The molecule has 4 aromatic carbocycles. The van der Waals surface area contributed by atoms with E-state index in [9.17, 15) is 9.59 Å². The smallest absolute Gasteiger partial charge is 0.337 e. The topological polar surface area (TPSA) is 85.6 Å². The number of ether oxygens (including phenoxy) is 1. The molecule has 37 heavy (non-hydrogen) atoms. The Morgan fingerprint density at radius 2 is 1.62 bits per heavy atom. The van der Waals surface area contributed by atoms with Gasteiger partial charge in [-0.3, -0.25) is 4.79 Å². The van der Waals surface area contributed by atoms with E-state index in [4.69, 9.17) is 4.74 Å². The predicted molar refractivity (Wildman–Crippen MR) is 144 cm³/mol. The molecule has 182 valence electrons. The van der Waals surface area contributed by atoms with Crippen LogP contribution in [0.5, 0.6) is 0 Å². The monoisotopic (exact) mass is 488 g/mol. The van der Waals surface area contributed by atoms with Crippen molar-refractivity contribution in [2.45, 2.75) is 6.92 Å². The Bertz CT molecular complexity index is 1630. The summed E-state index contributed by atoms with van der Waals surface area (Å²) in [6.45, 7) is 2.01. The van der Waals surface area contributed by atoms with E-state index < -0.39 is 11.9 Å². The van der Waals surface area contributed by atoms with E-state index in [0.717, 1.165) is 38.8 Å². The lowest BCUT2D eigenvalue weighted by Crippen LogP contribution is -2.18. The van der Waals surface area contributed by atoms with Crippen molar-refractivity contribution >= 4 is 28.9 Å².